The van der Waals surface area contributed by atoms with Gasteiger partial charge in [-0.2, -0.15) is 0 Å². The normalized spacial score (nSPS) is 24.1. The largest absolute Gasteiger partial charge is 0.303 e. The molecule has 2 aliphatic rings. The van der Waals surface area contributed by atoms with Gasteiger partial charge < -0.3 is 4.90 Å². The zero-order valence-corrected chi connectivity index (χ0v) is 12.6. The van der Waals surface area contributed by atoms with Crippen LogP contribution in [0.15, 0.2) is 30.3 Å². The number of hydrogen-bond acceptors (Lipinski definition) is 3. The molecule has 0 amide bonds. The summed E-state index contributed by atoms with van der Waals surface area (Å²) in [4.78, 5) is 2.64. The van der Waals surface area contributed by atoms with E-state index in [9.17, 15) is 0 Å². The van der Waals surface area contributed by atoms with Gasteiger partial charge in [-0.05, 0) is 43.8 Å². The van der Waals surface area contributed by atoms with E-state index in [0.29, 0.717) is 5.92 Å². The van der Waals surface area contributed by atoms with Crippen molar-refractivity contribution in [3.63, 3.8) is 0 Å². The van der Waals surface area contributed by atoms with Gasteiger partial charge in [-0.15, -0.1) is 0 Å². The van der Waals surface area contributed by atoms with Gasteiger partial charge in [0.05, 0.1) is 0 Å². The molecule has 1 atom stereocenters. The van der Waals surface area contributed by atoms with Gasteiger partial charge in [0.1, 0.15) is 0 Å². The highest BCUT2D eigenvalue weighted by molar-refractivity contribution is 5.19. The molecule has 20 heavy (non-hydrogen) atoms. The van der Waals surface area contributed by atoms with Crippen molar-refractivity contribution in [2.45, 2.75) is 38.1 Å². The Morgan fingerprint density at radius 2 is 1.90 bits per heavy atom. The van der Waals surface area contributed by atoms with Gasteiger partial charge in [0.2, 0.25) is 0 Å². The van der Waals surface area contributed by atoms with Gasteiger partial charge in [0.15, 0.2) is 0 Å². The fourth-order valence-corrected chi connectivity index (χ4v) is 3.55. The highest BCUT2D eigenvalue weighted by Gasteiger charge is 2.26. The molecule has 0 spiro atoms. The monoisotopic (exact) mass is 273 g/mol. The predicted octanol–water partition coefficient (Wildman–Crippen LogP) is 2.46. The third-order valence-corrected chi connectivity index (χ3v) is 4.79. The van der Waals surface area contributed by atoms with Crippen molar-refractivity contribution in [3.8, 4) is 0 Å². The molecule has 3 rings (SSSR count). The molecule has 0 aromatic heterocycles. The Morgan fingerprint density at radius 1 is 1.15 bits per heavy atom. The summed E-state index contributed by atoms with van der Waals surface area (Å²) in [5, 5.41) is 2.48. The summed E-state index contributed by atoms with van der Waals surface area (Å²) in [6, 6.07) is 11.7. The van der Waals surface area contributed by atoms with Crippen molar-refractivity contribution in [3.05, 3.63) is 35.9 Å². The lowest BCUT2D eigenvalue weighted by molar-refractivity contribution is 0.0925. The van der Waals surface area contributed by atoms with E-state index >= 15 is 0 Å². The fourth-order valence-electron chi connectivity index (χ4n) is 3.55. The first-order valence-corrected chi connectivity index (χ1v) is 8.10. The maximum atomic E-state index is 3.52. The van der Waals surface area contributed by atoms with Gasteiger partial charge >= 0.3 is 0 Å². The summed E-state index contributed by atoms with van der Waals surface area (Å²) < 4.78 is 0. The Bertz CT molecular complexity index is 392. The summed E-state index contributed by atoms with van der Waals surface area (Å²) in [6.07, 6.45) is 3.94. The summed E-state index contributed by atoms with van der Waals surface area (Å²) in [6.45, 7) is 8.46. The number of nitrogens with zero attached hydrogens (tertiary/aromatic N) is 2. The fraction of sp³-hybridized carbons (Fsp3) is 0.647. The Kier molecular flexibility index (Phi) is 4.71. The van der Waals surface area contributed by atoms with Gasteiger partial charge in [-0.3, -0.25) is 5.43 Å². The average Bonchev–Trinajstić information content (AvgIpc) is 3.03. The predicted molar refractivity (Wildman–Crippen MR) is 83.6 cm³/mol. The van der Waals surface area contributed by atoms with Crippen LogP contribution in [0.3, 0.4) is 0 Å². The van der Waals surface area contributed by atoms with Crippen LogP contribution in [0.1, 0.15) is 37.7 Å². The first-order chi connectivity index (χ1) is 9.83. The van der Waals surface area contributed by atoms with Crippen LogP contribution in [-0.4, -0.2) is 48.7 Å². The molecule has 0 bridgehead atoms. The quantitative estimate of drug-likeness (QED) is 0.909. The number of piperidine rings is 1. The van der Waals surface area contributed by atoms with E-state index in [1.165, 1.54) is 57.5 Å². The molecule has 0 aliphatic carbocycles. The zero-order chi connectivity index (χ0) is 13.8. The number of likely N-dealkylation sites (tertiary alicyclic amines) is 1. The second-order valence-corrected chi connectivity index (χ2v) is 6.30. The molecule has 1 N–H and O–H groups in total. The highest BCUT2D eigenvalue weighted by Crippen LogP contribution is 2.21. The average molecular weight is 273 g/mol. The summed E-state index contributed by atoms with van der Waals surface area (Å²) in [7, 11) is 0. The molecule has 3 heteroatoms. The molecule has 0 radical (unpaired) electrons. The molecule has 2 saturated heterocycles. The van der Waals surface area contributed by atoms with E-state index < -0.39 is 0 Å². The topological polar surface area (TPSA) is 18.5 Å². The minimum atomic E-state index is 0.637. The minimum absolute atomic E-state index is 0.637. The Labute approximate surface area is 122 Å². The third-order valence-electron chi connectivity index (χ3n) is 4.79. The van der Waals surface area contributed by atoms with Gasteiger partial charge in [0.25, 0.3) is 0 Å². The lowest BCUT2D eigenvalue weighted by Gasteiger charge is -2.37. The van der Waals surface area contributed by atoms with Crippen molar-refractivity contribution < 1.29 is 0 Å². The van der Waals surface area contributed by atoms with Crippen LogP contribution in [0.2, 0.25) is 0 Å². The molecule has 1 unspecified atom stereocenters. The van der Waals surface area contributed by atoms with Crippen LogP contribution in [0.4, 0.5) is 0 Å². The third kappa shape index (κ3) is 3.40. The number of hydrazine groups is 1. The van der Waals surface area contributed by atoms with E-state index in [1.54, 1.807) is 0 Å². The second kappa shape index (κ2) is 6.70. The van der Waals surface area contributed by atoms with Crippen LogP contribution in [0, 0.1) is 0 Å². The minimum Gasteiger partial charge on any atom is -0.303 e. The molecular formula is C17H27N3. The SMILES string of the molecule is CC(CN1CCC(N2CCCN2)CC1)c1ccccc1. The highest BCUT2D eigenvalue weighted by atomic mass is 15.5. The molecule has 0 saturated carbocycles. The lowest BCUT2D eigenvalue weighted by atomic mass is 9.98. The van der Waals surface area contributed by atoms with E-state index in [0.717, 1.165) is 6.04 Å². The molecule has 2 aliphatic heterocycles. The molecule has 1 aromatic rings. The number of hydrogen-bond donors (Lipinski definition) is 1. The van der Waals surface area contributed by atoms with E-state index in [1.807, 2.05) is 0 Å². The molecule has 3 nitrogen and oxygen atoms in total. The van der Waals surface area contributed by atoms with Crippen LogP contribution in [0.5, 0.6) is 0 Å². The van der Waals surface area contributed by atoms with Gasteiger partial charge in [-0.1, -0.05) is 37.3 Å². The van der Waals surface area contributed by atoms with E-state index in [4.69, 9.17) is 0 Å². The second-order valence-electron chi connectivity index (χ2n) is 6.30. The van der Waals surface area contributed by atoms with E-state index in [2.05, 4.69) is 52.6 Å². The molecule has 2 heterocycles. The van der Waals surface area contributed by atoms with Crippen molar-refractivity contribution in [1.29, 1.82) is 0 Å². The lowest BCUT2D eigenvalue weighted by Crippen LogP contribution is -2.48. The summed E-state index contributed by atoms with van der Waals surface area (Å²) in [5.41, 5.74) is 4.99. The number of benzene rings is 1. The van der Waals surface area contributed by atoms with Gasteiger partial charge in [-0.25, -0.2) is 5.01 Å². The van der Waals surface area contributed by atoms with Crippen LogP contribution >= 0.6 is 0 Å². The zero-order valence-electron chi connectivity index (χ0n) is 12.6. The first-order valence-electron chi connectivity index (χ1n) is 8.10. The smallest absolute Gasteiger partial charge is 0.0267 e. The van der Waals surface area contributed by atoms with Crippen LogP contribution in [0.25, 0.3) is 0 Å². The Balaban J connectivity index is 1.46. The first kappa shape index (κ1) is 14.1. The van der Waals surface area contributed by atoms with Crippen LogP contribution < -0.4 is 5.43 Å². The molecular weight excluding hydrogens is 246 g/mol. The number of nitrogens with one attached hydrogen (secondary N) is 1. The summed E-state index contributed by atoms with van der Waals surface area (Å²) in [5.74, 6) is 0.637. The molecule has 2 fully saturated rings. The van der Waals surface area contributed by atoms with Crippen molar-refractivity contribution in [1.82, 2.24) is 15.3 Å². The molecule has 110 valence electrons. The summed E-state index contributed by atoms with van der Waals surface area (Å²) >= 11 is 0. The van der Waals surface area contributed by atoms with Crippen molar-refractivity contribution >= 4 is 0 Å². The van der Waals surface area contributed by atoms with Gasteiger partial charge in [0, 0.05) is 25.7 Å². The maximum Gasteiger partial charge on any atom is 0.0267 e. The Hall–Kier alpha value is -0.900. The number of rotatable bonds is 4. The molecule has 1 aromatic carbocycles. The Morgan fingerprint density at radius 3 is 2.55 bits per heavy atom. The maximum absolute atomic E-state index is 3.52. The van der Waals surface area contributed by atoms with Crippen molar-refractivity contribution in [2.75, 3.05) is 32.7 Å². The standard InChI is InChI=1S/C17H27N3/c1-15(16-6-3-2-4-7-16)14-19-12-8-17(9-13-19)20-11-5-10-18-20/h2-4,6-7,15,17-18H,5,8-14H2,1H3. The van der Waals surface area contributed by atoms with Crippen molar-refractivity contribution in [2.24, 2.45) is 0 Å². The van der Waals surface area contributed by atoms with E-state index in [-0.39, 0.29) is 0 Å². The van der Waals surface area contributed by atoms with Crippen LogP contribution in [-0.2, 0) is 0 Å².